The molecule has 4 heteroatoms. The molecule has 2 rings (SSSR count). The summed E-state index contributed by atoms with van der Waals surface area (Å²) in [5.74, 6) is -0.0460. The summed E-state index contributed by atoms with van der Waals surface area (Å²) >= 11 is 1.59. The van der Waals surface area contributed by atoms with Crippen LogP contribution in [0.4, 0.5) is 0 Å². The molecule has 0 saturated heterocycles. The Bertz CT molecular complexity index is 541. The molecule has 0 atom stereocenters. The number of para-hydroxylation sites is 1. The fraction of sp³-hybridized carbons (Fsp3) is 0.333. The molecule has 0 aliphatic rings. The lowest BCUT2D eigenvalue weighted by Crippen LogP contribution is -2.21. The Balaban J connectivity index is 1.89. The highest BCUT2D eigenvalue weighted by Gasteiger charge is 2.00. The molecule has 0 fully saturated rings. The number of carbonyl (C=O) groups is 1. The zero-order chi connectivity index (χ0) is 13.5. The quantitative estimate of drug-likeness (QED) is 0.646. The van der Waals surface area contributed by atoms with E-state index in [4.69, 9.17) is 0 Å². The summed E-state index contributed by atoms with van der Waals surface area (Å²) in [7, 11) is 0. The molecular formula is C15H18N2OS. The van der Waals surface area contributed by atoms with E-state index in [9.17, 15) is 4.79 Å². The van der Waals surface area contributed by atoms with Crippen LogP contribution < -0.4 is 5.32 Å². The molecule has 3 nitrogen and oxygen atoms in total. The molecule has 19 heavy (non-hydrogen) atoms. The Hall–Kier alpha value is -1.68. The summed E-state index contributed by atoms with van der Waals surface area (Å²) in [5, 5.41) is 3.74. The Labute approximate surface area is 117 Å². The first-order valence-corrected chi connectivity index (χ1v) is 7.42. The topological polar surface area (TPSA) is 42.0 Å². The molecule has 0 saturated carbocycles. The second-order valence-corrected chi connectivity index (χ2v) is 5.41. The zero-order valence-corrected chi connectivity index (χ0v) is 11.9. The lowest BCUT2D eigenvalue weighted by atomic mass is 10.2. The van der Waals surface area contributed by atoms with Gasteiger partial charge >= 0.3 is 0 Å². The van der Waals surface area contributed by atoms with Crippen molar-refractivity contribution in [2.45, 2.75) is 26.2 Å². The highest BCUT2D eigenvalue weighted by molar-refractivity contribution is 7.19. The minimum atomic E-state index is -0.0460. The number of thiazole rings is 1. The van der Waals surface area contributed by atoms with Gasteiger partial charge in [0.25, 0.3) is 0 Å². The molecule has 100 valence electrons. The van der Waals surface area contributed by atoms with Crippen LogP contribution in [-0.4, -0.2) is 17.4 Å². The van der Waals surface area contributed by atoms with E-state index < -0.39 is 0 Å². The molecule has 0 aliphatic heterocycles. The summed E-state index contributed by atoms with van der Waals surface area (Å²) in [6.45, 7) is 2.89. The maximum absolute atomic E-state index is 11.6. The van der Waals surface area contributed by atoms with Crippen LogP contribution in [0.3, 0.4) is 0 Å². The van der Waals surface area contributed by atoms with Crippen molar-refractivity contribution < 1.29 is 4.79 Å². The lowest BCUT2D eigenvalue weighted by Gasteiger charge is -1.99. The van der Waals surface area contributed by atoms with Crippen molar-refractivity contribution in [1.29, 1.82) is 0 Å². The van der Waals surface area contributed by atoms with Crippen molar-refractivity contribution in [3.8, 4) is 0 Å². The summed E-state index contributed by atoms with van der Waals surface area (Å²) in [6.07, 6.45) is 6.69. The van der Waals surface area contributed by atoms with Gasteiger partial charge in [0.05, 0.1) is 10.2 Å². The van der Waals surface area contributed by atoms with E-state index in [0.29, 0.717) is 0 Å². The number of fused-ring (bicyclic) bond motifs is 1. The van der Waals surface area contributed by atoms with Gasteiger partial charge in [0.2, 0.25) is 5.91 Å². The fourth-order valence-corrected chi connectivity index (χ4v) is 2.62. The number of rotatable bonds is 6. The van der Waals surface area contributed by atoms with E-state index in [-0.39, 0.29) is 5.91 Å². The van der Waals surface area contributed by atoms with Gasteiger partial charge in [0.15, 0.2) is 0 Å². The van der Waals surface area contributed by atoms with Crippen LogP contribution in [0.5, 0.6) is 0 Å². The fourth-order valence-electron chi connectivity index (χ4n) is 1.75. The highest BCUT2D eigenvalue weighted by Crippen LogP contribution is 2.22. The molecule has 1 amide bonds. The Morgan fingerprint density at radius 3 is 3.00 bits per heavy atom. The smallest absolute Gasteiger partial charge is 0.244 e. The summed E-state index contributed by atoms with van der Waals surface area (Å²) in [5.41, 5.74) is 0.982. The third-order valence-corrected chi connectivity index (χ3v) is 3.77. The SMILES string of the molecule is CCCCCNC(=O)/C=C/c1nc2ccccc2s1. The monoisotopic (exact) mass is 274 g/mol. The van der Waals surface area contributed by atoms with Crippen molar-refractivity contribution >= 4 is 33.5 Å². The van der Waals surface area contributed by atoms with Gasteiger partial charge in [-0.05, 0) is 24.6 Å². The largest absolute Gasteiger partial charge is 0.353 e. The maximum Gasteiger partial charge on any atom is 0.244 e. The average molecular weight is 274 g/mol. The number of nitrogens with zero attached hydrogens (tertiary/aromatic N) is 1. The van der Waals surface area contributed by atoms with E-state index >= 15 is 0 Å². The molecule has 1 aromatic heterocycles. The Kier molecular flexibility index (Phi) is 5.10. The summed E-state index contributed by atoms with van der Waals surface area (Å²) in [4.78, 5) is 16.0. The Morgan fingerprint density at radius 2 is 2.21 bits per heavy atom. The van der Waals surface area contributed by atoms with Crippen molar-refractivity contribution in [2.24, 2.45) is 0 Å². The van der Waals surface area contributed by atoms with E-state index in [0.717, 1.165) is 41.0 Å². The maximum atomic E-state index is 11.6. The van der Waals surface area contributed by atoms with Crippen LogP contribution in [0, 0.1) is 0 Å². The summed E-state index contributed by atoms with van der Waals surface area (Å²) < 4.78 is 1.14. The molecule has 0 radical (unpaired) electrons. The van der Waals surface area contributed by atoms with Gasteiger partial charge in [-0.2, -0.15) is 0 Å². The van der Waals surface area contributed by atoms with Crippen molar-refractivity contribution in [3.05, 3.63) is 35.3 Å². The van der Waals surface area contributed by atoms with Crippen molar-refractivity contribution in [3.63, 3.8) is 0 Å². The van der Waals surface area contributed by atoms with Gasteiger partial charge in [0.1, 0.15) is 5.01 Å². The van der Waals surface area contributed by atoms with Gasteiger partial charge in [-0.25, -0.2) is 4.98 Å². The van der Waals surface area contributed by atoms with Gasteiger partial charge in [-0.1, -0.05) is 31.9 Å². The lowest BCUT2D eigenvalue weighted by molar-refractivity contribution is -0.116. The average Bonchev–Trinajstić information content (AvgIpc) is 2.84. The number of unbranched alkanes of at least 4 members (excludes halogenated alkanes) is 2. The van der Waals surface area contributed by atoms with Crippen LogP contribution in [0.2, 0.25) is 0 Å². The first kappa shape index (κ1) is 13.7. The minimum Gasteiger partial charge on any atom is -0.353 e. The minimum absolute atomic E-state index is 0.0460. The third-order valence-electron chi connectivity index (χ3n) is 2.77. The molecule has 1 heterocycles. The van der Waals surface area contributed by atoms with E-state index in [1.807, 2.05) is 24.3 Å². The molecule has 1 N–H and O–H groups in total. The van der Waals surface area contributed by atoms with Crippen LogP contribution in [0.25, 0.3) is 16.3 Å². The number of carbonyl (C=O) groups excluding carboxylic acids is 1. The standard InChI is InChI=1S/C15H18N2OS/c1-2-3-6-11-16-14(18)9-10-15-17-12-7-4-5-8-13(12)19-15/h4-5,7-10H,2-3,6,11H2,1H3,(H,16,18)/b10-9+. The molecule has 2 aromatic rings. The number of nitrogens with one attached hydrogen (secondary N) is 1. The van der Waals surface area contributed by atoms with Gasteiger partial charge < -0.3 is 5.32 Å². The van der Waals surface area contributed by atoms with Crippen LogP contribution >= 0.6 is 11.3 Å². The van der Waals surface area contributed by atoms with Crippen LogP contribution in [0.1, 0.15) is 31.2 Å². The van der Waals surface area contributed by atoms with E-state index in [1.54, 1.807) is 23.5 Å². The van der Waals surface area contributed by atoms with Crippen LogP contribution in [-0.2, 0) is 4.79 Å². The molecule has 0 bridgehead atoms. The first-order chi connectivity index (χ1) is 9.29. The number of hydrogen-bond acceptors (Lipinski definition) is 3. The number of benzene rings is 1. The highest BCUT2D eigenvalue weighted by atomic mass is 32.1. The second kappa shape index (κ2) is 7.04. The molecule has 0 unspecified atom stereocenters. The number of hydrogen-bond donors (Lipinski definition) is 1. The van der Waals surface area contributed by atoms with Crippen LogP contribution in [0.15, 0.2) is 30.3 Å². The van der Waals surface area contributed by atoms with Gasteiger partial charge in [-0.3, -0.25) is 4.79 Å². The zero-order valence-electron chi connectivity index (χ0n) is 11.1. The van der Waals surface area contributed by atoms with E-state index in [1.165, 1.54) is 0 Å². The molecule has 0 spiro atoms. The second-order valence-electron chi connectivity index (χ2n) is 4.35. The molecular weight excluding hydrogens is 256 g/mol. The Morgan fingerprint density at radius 1 is 1.37 bits per heavy atom. The predicted molar refractivity (Wildman–Crippen MR) is 81.2 cm³/mol. The van der Waals surface area contributed by atoms with Gasteiger partial charge in [-0.15, -0.1) is 11.3 Å². The number of aromatic nitrogens is 1. The van der Waals surface area contributed by atoms with Crippen molar-refractivity contribution in [2.75, 3.05) is 6.54 Å². The molecule has 1 aromatic carbocycles. The predicted octanol–water partition coefficient (Wildman–Crippen LogP) is 3.62. The number of amides is 1. The van der Waals surface area contributed by atoms with E-state index in [2.05, 4.69) is 17.2 Å². The summed E-state index contributed by atoms with van der Waals surface area (Å²) in [6, 6.07) is 7.98. The molecule has 0 aliphatic carbocycles. The van der Waals surface area contributed by atoms with Crippen molar-refractivity contribution in [1.82, 2.24) is 10.3 Å². The van der Waals surface area contributed by atoms with Gasteiger partial charge in [0, 0.05) is 12.6 Å². The third kappa shape index (κ3) is 4.17. The normalized spacial score (nSPS) is 11.2. The first-order valence-electron chi connectivity index (χ1n) is 6.61.